The molecule has 0 bridgehead atoms. The van der Waals surface area contributed by atoms with Crippen molar-refractivity contribution in [2.45, 2.75) is 13.0 Å². The summed E-state index contributed by atoms with van der Waals surface area (Å²) in [5.41, 5.74) is 7.42. The summed E-state index contributed by atoms with van der Waals surface area (Å²) in [7, 11) is 0. The van der Waals surface area contributed by atoms with Crippen molar-refractivity contribution in [3.63, 3.8) is 0 Å². The van der Waals surface area contributed by atoms with Crippen LogP contribution in [0.15, 0.2) is 19.7 Å². The third-order valence-electron chi connectivity index (χ3n) is 2.15. The van der Waals surface area contributed by atoms with E-state index in [1.807, 2.05) is 6.07 Å². The van der Waals surface area contributed by atoms with Gasteiger partial charge in [0, 0.05) is 9.75 Å². The minimum atomic E-state index is -0.0937. The molecule has 2 N–H and O–H groups in total. The molecule has 0 aliphatic heterocycles. The average molecular weight is 402 g/mol. The molecule has 1 unspecified atom stereocenters. The van der Waals surface area contributed by atoms with Crippen molar-refractivity contribution in [1.29, 1.82) is 0 Å². The lowest BCUT2D eigenvalue weighted by molar-refractivity contribution is 0.916. The molecule has 0 spiro atoms. The molecular weight excluding hydrogens is 394 g/mol. The first-order valence-corrected chi connectivity index (χ1v) is 8.05. The highest BCUT2D eigenvalue weighted by Crippen LogP contribution is 2.39. The summed E-state index contributed by atoms with van der Waals surface area (Å²) in [6.07, 6.45) is 0. The molecule has 2 heterocycles. The molecule has 0 aliphatic carbocycles. The Kier molecular flexibility index (Phi) is 4.14. The Morgan fingerprint density at radius 3 is 2.19 bits per heavy atom. The largest absolute Gasteiger partial charge is 0.319 e. The first-order chi connectivity index (χ1) is 7.49. The molecule has 0 amide bonds. The number of thiophene rings is 2. The molecule has 0 radical (unpaired) electrons. The maximum Gasteiger partial charge on any atom is 0.0888 e. The van der Waals surface area contributed by atoms with Gasteiger partial charge in [0.05, 0.1) is 18.6 Å². The second-order valence-electron chi connectivity index (χ2n) is 3.35. The Bertz CT molecular complexity index is 436. The molecule has 1 atom stereocenters. The summed E-state index contributed by atoms with van der Waals surface area (Å²) in [5, 5.41) is 0.725. The van der Waals surface area contributed by atoms with Crippen molar-refractivity contribution in [3.05, 3.63) is 40.0 Å². The van der Waals surface area contributed by atoms with Crippen molar-refractivity contribution in [3.8, 4) is 0 Å². The van der Waals surface area contributed by atoms with E-state index in [0.717, 1.165) is 22.3 Å². The van der Waals surface area contributed by atoms with E-state index >= 15 is 0 Å². The molecule has 0 aromatic carbocycles. The highest BCUT2D eigenvalue weighted by Gasteiger charge is 2.16. The Hall–Kier alpha value is 0.610. The monoisotopic (exact) mass is 399 g/mol. The Morgan fingerprint density at radius 1 is 1.19 bits per heavy atom. The van der Waals surface area contributed by atoms with Crippen LogP contribution in [-0.2, 0) is 0 Å². The Labute approximate surface area is 124 Å². The van der Waals surface area contributed by atoms with Gasteiger partial charge in [0.25, 0.3) is 0 Å². The van der Waals surface area contributed by atoms with Gasteiger partial charge in [0.15, 0.2) is 0 Å². The van der Waals surface area contributed by atoms with Crippen LogP contribution >= 0.6 is 66.1 Å². The van der Waals surface area contributed by atoms with Gasteiger partial charge in [-0.05, 0) is 56.5 Å². The smallest absolute Gasteiger partial charge is 0.0888 e. The van der Waals surface area contributed by atoms with Gasteiger partial charge in [-0.15, -0.1) is 22.7 Å². The number of hydrogen-bond acceptors (Lipinski definition) is 3. The molecule has 2 rings (SSSR count). The van der Waals surface area contributed by atoms with Crippen molar-refractivity contribution in [1.82, 2.24) is 0 Å². The third-order valence-corrected chi connectivity index (χ3v) is 6.93. The van der Waals surface area contributed by atoms with Gasteiger partial charge in [0.1, 0.15) is 0 Å². The normalized spacial score (nSPS) is 13.1. The molecule has 1 nitrogen and oxygen atoms in total. The molecule has 0 fully saturated rings. The van der Waals surface area contributed by atoms with Crippen molar-refractivity contribution in [2.24, 2.45) is 5.73 Å². The lowest BCUT2D eigenvalue weighted by Gasteiger charge is -2.05. The summed E-state index contributed by atoms with van der Waals surface area (Å²) in [5.74, 6) is 0. The van der Waals surface area contributed by atoms with Crippen LogP contribution in [0.5, 0.6) is 0 Å². The minimum Gasteiger partial charge on any atom is -0.319 e. The summed E-state index contributed by atoms with van der Waals surface area (Å²) < 4.78 is 2.08. The fourth-order valence-corrected chi connectivity index (χ4v) is 4.73. The maximum atomic E-state index is 6.20. The summed E-state index contributed by atoms with van der Waals surface area (Å²) >= 11 is 16.2. The van der Waals surface area contributed by atoms with Crippen LogP contribution in [0.3, 0.4) is 0 Å². The van der Waals surface area contributed by atoms with E-state index in [4.69, 9.17) is 17.3 Å². The molecule has 6 heteroatoms. The number of halogens is 3. The second kappa shape index (κ2) is 5.08. The summed E-state index contributed by atoms with van der Waals surface area (Å²) in [6.45, 7) is 2.06. The van der Waals surface area contributed by atoms with Crippen molar-refractivity contribution < 1.29 is 0 Å². The standard InChI is InChI=1S/C10H8Br2ClNS2/c1-4-2-6(15-9(4)11)8(14)7-3-5(13)10(12)16-7/h2-3,8H,14H2,1H3. The lowest BCUT2D eigenvalue weighted by Crippen LogP contribution is -2.07. The predicted molar refractivity (Wildman–Crippen MR) is 79.8 cm³/mol. The molecule has 0 saturated carbocycles. The second-order valence-corrected chi connectivity index (χ2v) is 8.56. The lowest BCUT2D eigenvalue weighted by atomic mass is 10.2. The zero-order chi connectivity index (χ0) is 11.9. The quantitative estimate of drug-likeness (QED) is 0.722. The van der Waals surface area contributed by atoms with E-state index in [-0.39, 0.29) is 6.04 Å². The zero-order valence-corrected chi connectivity index (χ0v) is 13.8. The first-order valence-electron chi connectivity index (χ1n) is 4.45. The number of nitrogens with two attached hydrogens (primary N) is 1. The summed E-state index contributed by atoms with van der Waals surface area (Å²) in [4.78, 5) is 2.22. The molecule has 0 saturated heterocycles. The molecular formula is C10H8Br2ClNS2. The fourth-order valence-electron chi connectivity index (χ4n) is 1.29. The van der Waals surface area contributed by atoms with Crippen molar-refractivity contribution in [2.75, 3.05) is 0 Å². The number of hydrogen-bond donors (Lipinski definition) is 1. The van der Waals surface area contributed by atoms with E-state index in [1.165, 1.54) is 5.56 Å². The Morgan fingerprint density at radius 2 is 1.75 bits per heavy atom. The van der Waals surface area contributed by atoms with E-state index in [1.54, 1.807) is 22.7 Å². The van der Waals surface area contributed by atoms with Crippen LogP contribution < -0.4 is 5.73 Å². The zero-order valence-electron chi connectivity index (χ0n) is 8.26. The van der Waals surface area contributed by atoms with E-state index in [9.17, 15) is 0 Å². The fraction of sp³-hybridized carbons (Fsp3) is 0.200. The highest BCUT2D eigenvalue weighted by atomic mass is 79.9. The third kappa shape index (κ3) is 2.54. The van der Waals surface area contributed by atoms with E-state index < -0.39 is 0 Å². The van der Waals surface area contributed by atoms with Crippen LogP contribution in [-0.4, -0.2) is 0 Å². The molecule has 2 aromatic heterocycles. The minimum absolute atomic E-state index is 0.0937. The van der Waals surface area contributed by atoms with Gasteiger partial charge in [-0.1, -0.05) is 11.6 Å². The van der Waals surface area contributed by atoms with E-state index in [2.05, 4.69) is 44.8 Å². The summed E-state index contributed by atoms with van der Waals surface area (Å²) in [6, 6.07) is 3.94. The molecule has 16 heavy (non-hydrogen) atoms. The SMILES string of the molecule is Cc1cc(C(N)c2cc(Cl)c(Br)s2)sc1Br. The topological polar surface area (TPSA) is 26.0 Å². The van der Waals surface area contributed by atoms with Crippen LogP contribution in [0.4, 0.5) is 0 Å². The van der Waals surface area contributed by atoms with Crippen LogP contribution in [0, 0.1) is 6.92 Å². The molecule has 2 aromatic rings. The van der Waals surface area contributed by atoms with Crippen LogP contribution in [0.25, 0.3) is 0 Å². The predicted octanol–water partition coefficient (Wildman–Crippen LogP) is 5.34. The first kappa shape index (κ1) is 13.1. The van der Waals surface area contributed by atoms with E-state index in [0.29, 0.717) is 0 Å². The maximum absolute atomic E-state index is 6.20. The molecule has 86 valence electrons. The van der Waals surface area contributed by atoms with Gasteiger partial charge in [-0.2, -0.15) is 0 Å². The molecule has 0 aliphatic rings. The van der Waals surface area contributed by atoms with Gasteiger partial charge >= 0.3 is 0 Å². The van der Waals surface area contributed by atoms with Crippen LogP contribution in [0.1, 0.15) is 21.4 Å². The number of rotatable bonds is 2. The van der Waals surface area contributed by atoms with Crippen molar-refractivity contribution >= 4 is 66.1 Å². The average Bonchev–Trinajstić information content (AvgIpc) is 2.72. The van der Waals surface area contributed by atoms with Gasteiger partial charge in [-0.3, -0.25) is 0 Å². The highest BCUT2D eigenvalue weighted by molar-refractivity contribution is 9.11. The van der Waals surface area contributed by atoms with Gasteiger partial charge in [-0.25, -0.2) is 0 Å². The van der Waals surface area contributed by atoms with Gasteiger partial charge in [0.2, 0.25) is 0 Å². The Balaban J connectivity index is 2.34. The van der Waals surface area contributed by atoms with Gasteiger partial charge < -0.3 is 5.73 Å². The van der Waals surface area contributed by atoms with Crippen LogP contribution in [0.2, 0.25) is 5.02 Å². The number of aryl methyl sites for hydroxylation is 1.